The number of methoxy groups -OCH3 is 2. The Hall–Kier alpha value is -2.63. The first-order chi connectivity index (χ1) is 10.1. The third-order valence-corrected chi connectivity index (χ3v) is 2.70. The summed E-state index contributed by atoms with van der Waals surface area (Å²) in [6.45, 7) is 0. The van der Waals surface area contributed by atoms with Gasteiger partial charge in [0.2, 0.25) is 0 Å². The molecule has 0 aliphatic rings. The first-order valence-corrected chi connectivity index (χ1v) is 6.09. The molecule has 110 valence electrons. The van der Waals surface area contributed by atoms with Crippen LogP contribution in [0.3, 0.4) is 0 Å². The zero-order valence-corrected chi connectivity index (χ0v) is 11.6. The largest absolute Gasteiger partial charge is 0.497 e. The van der Waals surface area contributed by atoms with Gasteiger partial charge in [0.25, 0.3) is 0 Å². The van der Waals surface area contributed by atoms with Crippen molar-refractivity contribution in [2.24, 2.45) is 5.10 Å². The summed E-state index contributed by atoms with van der Waals surface area (Å²) in [5.41, 5.74) is 3.30. The number of ether oxygens (including phenoxy) is 2. The molecule has 0 saturated carbocycles. The third-order valence-electron chi connectivity index (χ3n) is 2.70. The Balaban J connectivity index is 2.14. The van der Waals surface area contributed by atoms with E-state index in [9.17, 15) is 8.78 Å². The van der Waals surface area contributed by atoms with Crippen molar-refractivity contribution in [2.45, 2.75) is 0 Å². The number of anilines is 1. The van der Waals surface area contributed by atoms with Gasteiger partial charge in [0.15, 0.2) is 5.82 Å². The monoisotopic (exact) mass is 292 g/mol. The highest BCUT2D eigenvalue weighted by Crippen LogP contribution is 2.21. The van der Waals surface area contributed by atoms with Gasteiger partial charge in [0.05, 0.1) is 26.1 Å². The number of benzene rings is 2. The van der Waals surface area contributed by atoms with Crippen LogP contribution in [0, 0.1) is 11.6 Å². The summed E-state index contributed by atoms with van der Waals surface area (Å²) in [6, 6.07) is 8.42. The molecule has 0 heterocycles. The number of hydrogen-bond acceptors (Lipinski definition) is 4. The third kappa shape index (κ3) is 3.92. The van der Waals surface area contributed by atoms with Gasteiger partial charge in [-0.25, -0.2) is 8.78 Å². The van der Waals surface area contributed by atoms with Crippen molar-refractivity contribution in [1.82, 2.24) is 0 Å². The van der Waals surface area contributed by atoms with Crippen molar-refractivity contribution in [3.8, 4) is 11.5 Å². The molecule has 4 nitrogen and oxygen atoms in total. The van der Waals surface area contributed by atoms with Crippen LogP contribution < -0.4 is 14.9 Å². The van der Waals surface area contributed by atoms with Crippen molar-refractivity contribution < 1.29 is 18.3 Å². The van der Waals surface area contributed by atoms with Crippen LogP contribution in [-0.2, 0) is 0 Å². The summed E-state index contributed by atoms with van der Waals surface area (Å²) in [7, 11) is 3.09. The lowest BCUT2D eigenvalue weighted by Gasteiger charge is -2.06. The van der Waals surface area contributed by atoms with Crippen LogP contribution >= 0.6 is 0 Å². The first-order valence-electron chi connectivity index (χ1n) is 6.09. The van der Waals surface area contributed by atoms with E-state index in [1.807, 2.05) is 0 Å². The zero-order chi connectivity index (χ0) is 15.2. The summed E-state index contributed by atoms with van der Waals surface area (Å²) >= 11 is 0. The predicted octanol–water partition coefficient (Wildman–Crippen LogP) is 3.43. The normalized spacial score (nSPS) is 10.7. The zero-order valence-electron chi connectivity index (χ0n) is 11.6. The molecule has 0 aliphatic carbocycles. The molecule has 0 spiro atoms. The molecule has 2 aromatic rings. The van der Waals surface area contributed by atoms with E-state index >= 15 is 0 Å². The van der Waals surface area contributed by atoms with E-state index in [1.165, 1.54) is 12.3 Å². The maximum absolute atomic E-state index is 13.4. The van der Waals surface area contributed by atoms with Crippen LogP contribution in [0.1, 0.15) is 5.56 Å². The Morgan fingerprint density at radius 2 is 1.67 bits per heavy atom. The van der Waals surface area contributed by atoms with Crippen LogP contribution in [-0.4, -0.2) is 20.4 Å². The van der Waals surface area contributed by atoms with Crippen molar-refractivity contribution in [1.29, 1.82) is 0 Å². The van der Waals surface area contributed by atoms with E-state index in [0.29, 0.717) is 17.1 Å². The van der Waals surface area contributed by atoms with E-state index in [1.54, 1.807) is 32.4 Å². The molecular formula is C15H14F2N2O2. The minimum absolute atomic E-state index is 0.0857. The lowest BCUT2D eigenvalue weighted by molar-refractivity contribution is 0.394. The summed E-state index contributed by atoms with van der Waals surface area (Å²) < 4.78 is 36.4. The topological polar surface area (TPSA) is 42.8 Å². The van der Waals surface area contributed by atoms with Crippen molar-refractivity contribution in [2.75, 3.05) is 19.6 Å². The highest BCUT2D eigenvalue weighted by molar-refractivity contribution is 5.81. The van der Waals surface area contributed by atoms with Crippen molar-refractivity contribution in [3.63, 3.8) is 0 Å². The quantitative estimate of drug-likeness (QED) is 0.678. The van der Waals surface area contributed by atoms with Crippen molar-refractivity contribution in [3.05, 3.63) is 53.6 Å². The molecule has 2 aromatic carbocycles. The Morgan fingerprint density at radius 1 is 1.00 bits per heavy atom. The molecule has 0 unspecified atom stereocenters. The molecule has 0 amide bonds. The fourth-order valence-electron chi connectivity index (χ4n) is 1.66. The summed E-state index contributed by atoms with van der Waals surface area (Å²) in [5.74, 6) is -0.123. The number of nitrogens with one attached hydrogen (secondary N) is 1. The Bertz CT molecular complexity index is 638. The molecular weight excluding hydrogens is 278 g/mol. The average molecular weight is 292 g/mol. The van der Waals surface area contributed by atoms with Gasteiger partial charge in [0, 0.05) is 17.7 Å². The maximum Gasteiger partial charge on any atom is 0.151 e. The number of hydrogen-bond donors (Lipinski definition) is 1. The van der Waals surface area contributed by atoms with Crippen LogP contribution in [0.2, 0.25) is 0 Å². The SMILES string of the molecule is COc1cc(/C=N/Nc2ccc(F)cc2F)cc(OC)c1. The smallest absolute Gasteiger partial charge is 0.151 e. The minimum Gasteiger partial charge on any atom is -0.497 e. The van der Waals surface area contributed by atoms with Gasteiger partial charge in [-0.15, -0.1) is 0 Å². The molecule has 0 radical (unpaired) electrons. The Morgan fingerprint density at radius 3 is 2.24 bits per heavy atom. The second-order valence-electron chi connectivity index (χ2n) is 4.14. The molecule has 0 aliphatic heterocycles. The van der Waals surface area contributed by atoms with Gasteiger partial charge in [-0.1, -0.05) is 0 Å². The van der Waals surface area contributed by atoms with E-state index in [4.69, 9.17) is 9.47 Å². The number of nitrogens with zero attached hydrogens (tertiary/aromatic N) is 1. The highest BCUT2D eigenvalue weighted by atomic mass is 19.1. The molecule has 0 fully saturated rings. The number of hydrazone groups is 1. The maximum atomic E-state index is 13.4. The van der Waals surface area contributed by atoms with E-state index in [0.717, 1.165) is 12.1 Å². The minimum atomic E-state index is -0.713. The van der Waals surface area contributed by atoms with Gasteiger partial charge in [-0.3, -0.25) is 5.43 Å². The standard InChI is InChI=1S/C15H14F2N2O2/c1-20-12-5-10(6-13(8-12)21-2)9-18-19-15-4-3-11(16)7-14(15)17/h3-9,19H,1-2H3/b18-9+. The van der Waals surface area contributed by atoms with Crippen LogP contribution in [0.25, 0.3) is 0 Å². The van der Waals surface area contributed by atoms with Gasteiger partial charge < -0.3 is 9.47 Å². The Kier molecular flexibility index (Phi) is 4.71. The number of rotatable bonds is 5. The second kappa shape index (κ2) is 6.69. The van der Waals surface area contributed by atoms with Gasteiger partial charge in [-0.2, -0.15) is 5.10 Å². The van der Waals surface area contributed by atoms with Gasteiger partial charge in [0.1, 0.15) is 17.3 Å². The van der Waals surface area contributed by atoms with Gasteiger partial charge in [-0.05, 0) is 24.3 Å². The molecule has 1 N–H and O–H groups in total. The van der Waals surface area contributed by atoms with Crippen LogP contribution in [0.15, 0.2) is 41.5 Å². The summed E-state index contributed by atoms with van der Waals surface area (Å²) in [6.07, 6.45) is 1.48. The van der Waals surface area contributed by atoms with Crippen LogP contribution in [0.4, 0.5) is 14.5 Å². The van der Waals surface area contributed by atoms with Crippen molar-refractivity contribution >= 4 is 11.9 Å². The molecule has 0 saturated heterocycles. The molecule has 0 bridgehead atoms. The summed E-state index contributed by atoms with van der Waals surface area (Å²) in [5, 5.41) is 3.90. The molecule has 0 aromatic heterocycles. The molecule has 0 atom stereocenters. The molecule has 2 rings (SSSR count). The van der Waals surface area contributed by atoms with Crippen LogP contribution in [0.5, 0.6) is 11.5 Å². The van der Waals surface area contributed by atoms with Gasteiger partial charge >= 0.3 is 0 Å². The Labute approximate surface area is 121 Å². The average Bonchev–Trinajstić information content (AvgIpc) is 2.49. The number of halogens is 2. The van der Waals surface area contributed by atoms with E-state index < -0.39 is 11.6 Å². The molecule has 21 heavy (non-hydrogen) atoms. The fourth-order valence-corrected chi connectivity index (χ4v) is 1.66. The molecule has 6 heteroatoms. The lowest BCUT2D eigenvalue weighted by atomic mass is 10.2. The highest BCUT2D eigenvalue weighted by Gasteiger charge is 2.02. The lowest BCUT2D eigenvalue weighted by Crippen LogP contribution is -1.95. The van der Waals surface area contributed by atoms with E-state index in [-0.39, 0.29) is 5.69 Å². The predicted molar refractivity (Wildman–Crippen MR) is 77.1 cm³/mol. The first kappa shape index (κ1) is 14.8. The fraction of sp³-hybridized carbons (Fsp3) is 0.133. The van der Waals surface area contributed by atoms with E-state index in [2.05, 4.69) is 10.5 Å². The second-order valence-corrected chi connectivity index (χ2v) is 4.14. The summed E-state index contributed by atoms with van der Waals surface area (Å²) in [4.78, 5) is 0.